The second-order valence-electron chi connectivity index (χ2n) is 3.75. The Balaban J connectivity index is 1.87. The van der Waals surface area contributed by atoms with Gasteiger partial charge in [0.1, 0.15) is 0 Å². The van der Waals surface area contributed by atoms with E-state index in [1.807, 2.05) is 6.20 Å². The third kappa shape index (κ3) is 2.42. The molecule has 3 nitrogen and oxygen atoms in total. The van der Waals surface area contributed by atoms with Crippen molar-refractivity contribution in [3.05, 3.63) is 11.6 Å². The molecule has 0 spiro atoms. The third-order valence-corrected chi connectivity index (χ3v) is 2.96. The van der Waals surface area contributed by atoms with E-state index >= 15 is 0 Å². The molecule has 2 rings (SSSR count). The van der Waals surface area contributed by atoms with Crippen molar-refractivity contribution >= 4 is 17.2 Å². The van der Waals surface area contributed by atoms with Gasteiger partial charge in [0.2, 0.25) is 0 Å². The molecule has 1 aromatic rings. The number of hydrogen-bond donors (Lipinski definition) is 2. The van der Waals surface area contributed by atoms with Crippen molar-refractivity contribution in [2.45, 2.75) is 19.4 Å². The van der Waals surface area contributed by atoms with Crippen molar-refractivity contribution in [2.75, 3.05) is 18.4 Å². The SMILES string of the molecule is CC1CNCC(Nc2cnsc2)C1. The smallest absolute Gasteiger partial charge is 0.0655 e. The highest BCUT2D eigenvalue weighted by atomic mass is 32.1. The third-order valence-electron chi connectivity index (χ3n) is 2.37. The van der Waals surface area contributed by atoms with Crippen LogP contribution < -0.4 is 10.6 Å². The van der Waals surface area contributed by atoms with Gasteiger partial charge in [0.05, 0.1) is 11.9 Å². The molecular formula is C9H15N3S. The van der Waals surface area contributed by atoms with Gasteiger partial charge in [-0.25, -0.2) is 0 Å². The molecule has 2 heterocycles. The van der Waals surface area contributed by atoms with Gasteiger partial charge in [0, 0.05) is 18.0 Å². The van der Waals surface area contributed by atoms with Crippen molar-refractivity contribution in [3.8, 4) is 0 Å². The van der Waals surface area contributed by atoms with Gasteiger partial charge in [0.15, 0.2) is 0 Å². The molecule has 4 heteroatoms. The van der Waals surface area contributed by atoms with Gasteiger partial charge in [-0.05, 0) is 30.4 Å². The molecule has 0 radical (unpaired) electrons. The lowest BCUT2D eigenvalue weighted by Crippen LogP contribution is -2.42. The second-order valence-corrected chi connectivity index (χ2v) is 4.41. The first-order valence-corrected chi connectivity index (χ1v) is 5.55. The van der Waals surface area contributed by atoms with Crippen LogP contribution in [0.1, 0.15) is 13.3 Å². The highest BCUT2D eigenvalue weighted by Gasteiger charge is 2.17. The Morgan fingerprint density at radius 3 is 3.23 bits per heavy atom. The van der Waals surface area contributed by atoms with Crippen LogP contribution in [0.25, 0.3) is 0 Å². The number of rotatable bonds is 2. The summed E-state index contributed by atoms with van der Waals surface area (Å²) >= 11 is 1.50. The topological polar surface area (TPSA) is 37.0 Å². The van der Waals surface area contributed by atoms with Gasteiger partial charge >= 0.3 is 0 Å². The van der Waals surface area contributed by atoms with E-state index < -0.39 is 0 Å². The molecule has 0 bridgehead atoms. The molecule has 2 unspecified atom stereocenters. The van der Waals surface area contributed by atoms with Crippen LogP contribution in [0.3, 0.4) is 0 Å². The van der Waals surface area contributed by atoms with Gasteiger partial charge in [0.25, 0.3) is 0 Å². The summed E-state index contributed by atoms with van der Waals surface area (Å²) in [7, 11) is 0. The lowest BCUT2D eigenvalue weighted by atomic mass is 9.98. The molecular weight excluding hydrogens is 182 g/mol. The Kier molecular flexibility index (Phi) is 2.80. The van der Waals surface area contributed by atoms with Crippen LogP contribution in [0.15, 0.2) is 11.6 Å². The van der Waals surface area contributed by atoms with Gasteiger partial charge in [-0.3, -0.25) is 0 Å². The Morgan fingerprint density at radius 1 is 1.62 bits per heavy atom. The van der Waals surface area contributed by atoms with Crippen LogP contribution in [0.2, 0.25) is 0 Å². The van der Waals surface area contributed by atoms with Crippen molar-refractivity contribution < 1.29 is 0 Å². The quantitative estimate of drug-likeness (QED) is 0.755. The van der Waals surface area contributed by atoms with E-state index in [-0.39, 0.29) is 0 Å². The number of nitrogens with one attached hydrogen (secondary N) is 2. The molecule has 1 saturated heterocycles. The highest BCUT2D eigenvalue weighted by Crippen LogP contribution is 2.16. The number of hydrogen-bond acceptors (Lipinski definition) is 4. The van der Waals surface area contributed by atoms with E-state index in [4.69, 9.17) is 0 Å². The van der Waals surface area contributed by atoms with Crippen molar-refractivity contribution in [1.82, 2.24) is 9.69 Å². The van der Waals surface area contributed by atoms with Crippen molar-refractivity contribution in [3.63, 3.8) is 0 Å². The van der Waals surface area contributed by atoms with Gasteiger partial charge in [-0.15, -0.1) is 0 Å². The van der Waals surface area contributed by atoms with Gasteiger partial charge < -0.3 is 10.6 Å². The predicted molar refractivity (Wildman–Crippen MR) is 56.2 cm³/mol. The largest absolute Gasteiger partial charge is 0.379 e. The molecule has 0 aliphatic carbocycles. The number of anilines is 1. The van der Waals surface area contributed by atoms with Crippen LogP contribution in [0.4, 0.5) is 5.69 Å². The average molecular weight is 197 g/mol. The average Bonchev–Trinajstić information content (AvgIpc) is 2.57. The monoisotopic (exact) mass is 197 g/mol. The molecule has 1 fully saturated rings. The molecule has 2 atom stereocenters. The van der Waals surface area contributed by atoms with E-state index in [1.165, 1.54) is 18.0 Å². The standard InChI is InChI=1S/C9H15N3S/c1-7-2-8(4-10-3-7)12-9-5-11-13-6-9/h5-8,10,12H,2-4H2,1H3. The maximum Gasteiger partial charge on any atom is 0.0655 e. The molecule has 0 aromatic carbocycles. The zero-order valence-electron chi connectivity index (χ0n) is 7.79. The van der Waals surface area contributed by atoms with Crippen LogP contribution in [0.5, 0.6) is 0 Å². The Bertz CT molecular complexity index is 247. The first-order valence-electron chi connectivity index (χ1n) is 4.71. The first-order chi connectivity index (χ1) is 6.34. The summed E-state index contributed by atoms with van der Waals surface area (Å²) in [5.74, 6) is 0.776. The number of aromatic nitrogens is 1. The molecule has 13 heavy (non-hydrogen) atoms. The molecule has 1 aromatic heterocycles. The maximum atomic E-state index is 4.07. The zero-order chi connectivity index (χ0) is 9.10. The molecule has 1 aliphatic rings. The summed E-state index contributed by atoms with van der Waals surface area (Å²) in [5, 5.41) is 8.95. The molecule has 0 saturated carbocycles. The minimum Gasteiger partial charge on any atom is -0.379 e. The van der Waals surface area contributed by atoms with Crippen LogP contribution in [-0.2, 0) is 0 Å². The summed E-state index contributed by atoms with van der Waals surface area (Å²) in [6, 6.07) is 0.570. The minimum atomic E-state index is 0.570. The highest BCUT2D eigenvalue weighted by molar-refractivity contribution is 7.04. The Labute approximate surface area is 82.7 Å². The number of nitrogens with zero attached hydrogens (tertiary/aromatic N) is 1. The fourth-order valence-electron chi connectivity index (χ4n) is 1.78. The zero-order valence-corrected chi connectivity index (χ0v) is 8.60. The Morgan fingerprint density at radius 2 is 2.54 bits per heavy atom. The van der Waals surface area contributed by atoms with Gasteiger partial charge in [-0.2, -0.15) is 4.37 Å². The second kappa shape index (κ2) is 4.07. The summed E-state index contributed by atoms with van der Waals surface area (Å²) in [4.78, 5) is 0. The first kappa shape index (κ1) is 8.97. The van der Waals surface area contributed by atoms with Crippen LogP contribution in [-0.4, -0.2) is 23.5 Å². The molecule has 2 N–H and O–H groups in total. The number of piperidine rings is 1. The predicted octanol–water partition coefficient (Wildman–Crippen LogP) is 1.55. The molecule has 72 valence electrons. The van der Waals surface area contributed by atoms with E-state index in [1.54, 1.807) is 0 Å². The van der Waals surface area contributed by atoms with E-state index in [9.17, 15) is 0 Å². The fraction of sp³-hybridized carbons (Fsp3) is 0.667. The maximum absolute atomic E-state index is 4.07. The summed E-state index contributed by atoms with van der Waals surface area (Å²) in [5.41, 5.74) is 1.16. The lowest BCUT2D eigenvalue weighted by Gasteiger charge is -2.28. The molecule has 0 amide bonds. The molecule has 1 aliphatic heterocycles. The van der Waals surface area contributed by atoms with Crippen LogP contribution in [0, 0.1) is 5.92 Å². The van der Waals surface area contributed by atoms with E-state index in [2.05, 4.69) is 27.3 Å². The lowest BCUT2D eigenvalue weighted by molar-refractivity contribution is 0.378. The Hall–Kier alpha value is -0.610. The summed E-state index contributed by atoms with van der Waals surface area (Å²) in [6.45, 7) is 4.51. The summed E-state index contributed by atoms with van der Waals surface area (Å²) in [6.07, 6.45) is 3.15. The summed E-state index contributed by atoms with van der Waals surface area (Å²) < 4.78 is 4.07. The van der Waals surface area contributed by atoms with E-state index in [0.29, 0.717) is 6.04 Å². The van der Waals surface area contributed by atoms with Crippen molar-refractivity contribution in [1.29, 1.82) is 0 Å². The fourth-order valence-corrected chi connectivity index (χ4v) is 2.26. The van der Waals surface area contributed by atoms with E-state index in [0.717, 1.165) is 24.7 Å². The van der Waals surface area contributed by atoms with Gasteiger partial charge in [-0.1, -0.05) is 6.92 Å². The van der Waals surface area contributed by atoms with Crippen LogP contribution >= 0.6 is 11.5 Å². The normalized spacial score (nSPS) is 28.7. The minimum absolute atomic E-state index is 0.570. The van der Waals surface area contributed by atoms with Crippen molar-refractivity contribution in [2.24, 2.45) is 5.92 Å².